The summed E-state index contributed by atoms with van der Waals surface area (Å²) in [6.45, 7) is 6.23. The zero-order valence-electron chi connectivity index (χ0n) is 21.5. The number of imidazole rings is 1. The molecule has 0 radical (unpaired) electrons. The summed E-state index contributed by atoms with van der Waals surface area (Å²) in [6, 6.07) is 5.85. The van der Waals surface area contributed by atoms with Crippen molar-refractivity contribution in [3.05, 3.63) is 41.6 Å². The van der Waals surface area contributed by atoms with E-state index in [9.17, 15) is 31.1 Å². The largest absolute Gasteiger partial charge is 0.573 e. The van der Waals surface area contributed by atoms with Gasteiger partial charge in [0.2, 0.25) is 5.95 Å². The SMILES string of the molecule is C[C@@H]1CC(n2c(Nc3ccc(OC(F)(F)F)cc3)nc3cc(CCC(=O)O)c(C(F)(F)F)nc32)CC(C)(C)C1. The Bertz CT molecular complexity index is 1350. The number of carbonyl (C=O) groups is 1. The number of hydrogen-bond acceptors (Lipinski definition) is 5. The van der Waals surface area contributed by atoms with Crippen LogP contribution in [-0.4, -0.2) is 32.0 Å². The van der Waals surface area contributed by atoms with Crippen LogP contribution in [0.3, 0.4) is 0 Å². The Hall–Kier alpha value is -3.51. The molecule has 212 valence electrons. The lowest BCUT2D eigenvalue weighted by atomic mass is 9.70. The summed E-state index contributed by atoms with van der Waals surface area (Å²) in [5, 5.41) is 12.0. The van der Waals surface area contributed by atoms with Crippen LogP contribution in [0.1, 0.15) is 63.8 Å². The van der Waals surface area contributed by atoms with Crippen molar-refractivity contribution in [3.63, 3.8) is 0 Å². The monoisotopic (exact) mass is 558 g/mol. The van der Waals surface area contributed by atoms with E-state index in [1.54, 1.807) is 4.57 Å². The van der Waals surface area contributed by atoms with Gasteiger partial charge in [-0.15, -0.1) is 13.2 Å². The summed E-state index contributed by atoms with van der Waals surface area (Å²) in [5.74, 6) is -1.23. The van der Waals surface area contributed by atoms with E-state index in [0.717, 1.165) is 18.6 Å². The minimum Gasteiger partial charge on any atom is -0.481 e. The summed E-state index contributed by atoms with van der Waals surface area (Å²) in [6.07, 6.45) is -8.34. The minimum absolute atomic E-state index is 0.00387. The molecule has 0 amide bonds. The maximum atomic E-state index is 14.0. The zero-order valence-corrected chi connectivity index (χ0v) is 21.5. The first kappa shape index (κ1) is 28.5. The number of halogens is 6. The second-order valence-electron chi connectivity index (χ2n) is 10.8. The first-order valence-electron chi connectivity index (χ1n) is 12.3. The van der Waals surface area contributed by atoms with E-state index >= 15 is 0 Å². The first-order chi connectivity index (χ1) is 18.0. The fourth-order valence-electron chi connectivity index (χ4n) is 5.53. The number of carboxylic acid groups (broad SMARTS) is 1. The maximum absolute atomic E-state index is 14.0. The lowest BCUT2D eigenvalue weighted by Gasteiger charge is -2.40. The number of fused-ring (bicyclic) bond motifs is 1. The van der Waals surface area contributed by atoms with E-state index in [4.69, 9.17) is 5.11 Å². The number of aliphatic carboxylic acids is 1. The molecule has 2 heterocycles. The number of ether oxygens (including phenoxy) is 1. The standard InChI is InChI=1S/C26H28F6N4O3/c1-14-10-17(13-24(2,3)12-14)36-22-19(11-15(4-9-20(37)38)21(35-22)25(27,28)29)34-23(36)33-16-5-7-18(8-6-16)39-26(30,31)32/h5-8,11,14,17H,4,9-10,12-13H2,1-3H3,(H,33,34)(H,37,38)/t14-,17?/m1/s1. The molecule has 1 aromatic carbocycles. The van der Waals surface area contributed by atoms with Crippen molar-refractivity contribution in [1.29, 1.82) is 0 Å². The molecule has 39 heavy (non-hydrogen) atoms. The number of nitrogens with zero attached hydrogens (tertiary/aromatic N) is 3. The molecular weight excluding hydrogens is 530 g/mol. The highest BCUT2D eigenvalue weighted by molar-refractivity contribution is 5.78. The number of aryl methyl sites for hydroxylation is 1. The van der Waals surface area contributed by atoms with Crippen LogP contribution in [0.4, 0.5) is 38.0 Å². The Morgan fingerprint density at radius 2 is 1.79 bits per heavy atom. The van der Waals surface area contributed by atoms with Gasteiger partial charge in [0.25, 0.3) is 0 Å². The molecule has 3 aromatic rings. The number of carboxylic acids is 1. The van der Waals surface area contributed by atoms with Gasteiger partial charge in [-0.05, 0) is 72.9 Å². The maximum Gasteiger partial charge on any atom is 0.573 e. The van der Waals surface area contributed by atoms with E-state index in [2.05, 4.69) is 40.8 Å². The van der Waals surface area contributed by atoms with Crippen LogP contribution < -0.4 is 10.1 Å². The number of benzene rings is 1. The van der Waals surface area contributed by atoms with Crippen LogP contribution in [0.2, 0.25) is 0 Å². The number of anilines is 2. The smallest absolute Gasteiger partial charge is 0.481 e. The van der Waals surface area contributed by atoms with Gasteiger partial charge in [-0.3, -0.25) is 9.36 Å². The number of alkyl halides is 6. The molecule has 0 saturated heterocycles. The molecular formula is C26H28F6N4O3. The number of hydrogen-bond donors (Lipinski definition) is 2. The van der Waals surface area contributed by atoms with Gasteiger partial charge in [-0.25, -0.2) is 9.97 Å². The van der Waals surface area contributed by atoms with Crippen LogP contribution >= 0.6 is 0 Å². The Morgan fingerprint density at radius 1 is 1.13 bits per heavy atom. The summed E-state index contributed by atoms with van der Waals surface area (Å²) >= 11 is 0. The van der Waals surface area contributed by atoms with E-state index in [1.807, 2.05) is 0 Å². The van der Waals surface area contributed by atoms with Crippen LogP contribution in [0, 0.1) is 11.3 Å². The van der Waals surface area contributed by atoms with Gasteiger partial charge in [-0.1, -0.05) is 20.8 Å². The summed E-state index contributed by atoms with van der Waals surface area (Å²) in [5.41, 5.74) is -1.07. The van der Waals surface area contributed by atoms with Crippen molar-refractivity contribution in [2.45, 2.75) is 71.5 Å². The van der Waals surface area contributed by atoms with Gasteiger partial charge < -0.3 is 15.2 Å². The third-order valence-electron chi connectivity index (χ3n) is 6.69. The second kappa shape index (κ2) is 10.2. The van der Waals surface area contributed by atoms with E-state index in [0.29, 0.717) is 18.5 Å². The van der Waals surface area contributed by atoms with Crippen LogP contribution in [-0.2, 0) is 17.4 Å². The van der Waals surface area contributed by atoms with Gasteiger partial charge in [0, 0.05) is 18.2 Å². The van der Waals surface area contributed by atoms with Crippen molar-refractivity contribution >= 4 is 28.8 Å². The lowest BCUT2D eigenvalue weighted by molar-refractivity contribution is -0.274. The fraction of sp³-hybridized carbons (Fsp3) is 0.500. The first-order valence-corrected chi connectivity index (χ1v) is 12.3. The van der Waals surface area contributed by atoms with Gasteiger partial charge in [0.1, 0.15) is 17.0 Å². The Labute approximate surface area is 220 Å². The zero-order chi connectivity index (χ0) is 28.8. The molecule has 1 unspecified atom stereocenters. The highest BCUT2D eigenvalue weighted by atomic mass is 19.4. The summed E-state index contributed by atoms with van der Waals surface area (Å²) < 4.78 is 85.2. The van der Waals surface area contributed by atoms with Gasteiger partial charge >= 0.3 is 18.5 Å². The molecule has 0 spiro atoms. The molecule has 0 aliphatic heterocycles. The normalized spacial score (nSPS) is 19.7. The lowest BCUT2D eigenvalue weighted by Crippen LogP contribution is -2.30. The molecule has 1 aliphatic rings. The number of nitrogens with one attached hydrogen (secondary N) is 1. The molecule has 13 heteroatoms. The third-order valence-corrected chi connectivity index (χ3v) is 6.69. The number of pyridine rings is 1. The average Bonchev–Trinajstić information content (AvgIpc) is 3.12. The molecule has 7 nitrogen and oxygen atoms in total. The molecule has 1 aliphatic carbocycles. The predicted octanol–water partition coefficient (Wildman–Crippen LogP) is 7.50. The Morgan fingerprint density at radius 3 is 2.36 bits per heavy atom. The van der Waals surface area contributed by atoms with Crippen LogP contribution in [0.5, 0.6) is 5.75 Å². The fourth-order valence-corrected chi connectivity index (χ4v) is 5.53. The predicted molar refractivity (Wildman–Crippen MR) is 131 cm³/mol. The van der Waals surface area contributed by atoms with Crippen molar-refractivity contribution in [2.24, 2.45) is 11.3 Å². The van der Waals surface area contributed by atoms with Crippen molar-refractivity contribution in [3.8, 4) is 5.75 Å². The topological polar surface area (TPSA) is 89.3 Å². The average molecular weight is 559 g/mol. The van der Waals surface area contributed by atoms with E-state index < -0.39 is 36.4 Å². The van der Waals surface area contributed by atoms with Crippen molar-refractivity contribution in [2.75, 3.05) is 5.32 Å². The molecule has 2 N–H and O–H groups in total. The summed E-state index contributed by atoms with van der Waals surface area (Å²) in [7, 11) is 0. The molecule has 1 fully saturated rings. The molecule has 2 atom stereocenters. The van der Waals surface area contributed by atoms with Gasteiger partial charge in [0.05, 0.1) is 0 Å². The van der Waals surface area contributed by atoms with E-state index in [-0.39, 0.29) is 46.5 Å². The molecule has 1 saturated carbocycles. The van der Waals surface area contributed by atoms with Gasteiger partial charge in [0.15, 0.2) is 5.65 Å². The third kappa shape index (κ3) is 6.93. The van der Waals surface area contributed by atoms with Crippen molar-refractivity contribution < 1.29 is 41.0 Å². The minimum atomic E-state index is -4.85. The Kier molecular flexibility index (Phi) is 7.48. The number of rotatable bonds is 7. The Balaban J connectivity index is 1.83. The molecule has 4 rings (SSSR count). The van der Waals surface area contributed by atoms with E-state index in [1.165, 1.54) is 18.2 Å². The van der Waals surface area contributed by atoms with Crippen LogP contribution in [0.25, 0.3) is 11.2 Å². The summed E-state index contributed by atoms with van der Waals surface area (Å²) in [4.78, 5) is 19.6. The van der Waals surface area contributed by atoms with Crippen molar-refractivity contribution in [1.82, 2.24) is 14.5 Å². The molecule has 2 aromatic heterocycles. The number of aromatic nitrogens is 3. The second-order valence-corrected chi connectivity index (χ2v) is 10.8. The highest BCUT2D eigenvalue weighted by Gasteiger charge is 2.39. The molecule has 0 bridgehead atoms. The quantitative estimate of drug-likeness (QED) is 0.292. The highest BCUT2D eigenvalue weighted by Crippen LogP contribution is 2.46. The van der Waals surface area contributed by atoms with Gasteiger partial charge in [-0.2, -0.15) is 13.2 Å². The van der Waals surface area contributed by atoms with Crippen LogP contribution in [0.15, 0.2) is 30.3 Å².